The van der Waals surface area contributed by atoms with Crippen LogP contribution in [0.1, 0.15) is 11.1 Å². The lowest BCUT2D eigenvalue weighted by atomic mass is 10.2. The Morgan fingerprint density at radius 1 is 0.808 bits per heavy atom. The van der Waals surface area contributed by atoms with Gasteiger partial charge in [-0.2, -0.15) is 5.10 Å². The topological polar surface area (TPSA) is 34.1 Å². The molecule has 4 nitrogen and oxygen atoms in total. The highest BCUT2D eigenvalue weighted by atomic mass is 16.5. The summed E-state index contributed by atoms with van der Waals surface area (Å²) in [6, 6.07) is 26.2. The molecule has 0 fully saturated rings. The number of rotatable bonds is 7. The van der Waals surface area contributed by atoms with Crippen molar-refractivity contribution in [1.29, 1.82) is 0 Å². The van der Waals surface area contributed by atoms with Crippen molar-refractivity contribution >= 4 is 11.9 Å². The molecule has 4 heteroatoms. The first-order valence-electron chi connectivity index (χ1n) is 8.42. The van der Waals surface area contributed by atoms with E-state index < -0.39 is 0 Å². The predicted octanol–water partition coefficient (Wildman–Crippen LogP) is 4.74. The molecule has 0 heterocycles. The number of ether oxygens (including phenoxy) is 2. The molecule has 0 radical (unpaired) electrons. The summed E-state index contributed by atoms with van der Waals surface area (Å²) in [6.07, 6.45) is 1.83. The normalized spacial score (nSPS) is 10.7. The van der Waals surface area contributed by atoms with E-state index in [2.05, 4.69) is 24.3 Å². The number of benzene rings is 3. The molecular weight excluding hydrogens is 324 g/mol. The smallest absolute Gasteiger partial charge is 0.161 e. The summed E-state index contributed by atoms with van der Waals surface area (Å²) in [7, 11) is 3.26. The molecule has 0 saturated carbocycles. The molecular formula is C22H22N2O2. The fraction of sp³-hybridized carbons (Fsp3) is 0.136. The zero-order chi connectivity index (χ0) is 18.2. The van der Waals surface area contributed by atoms with Crippen molar-refractivity contribution in [2.24, 2.45) is 5.10 Å². The van der Waals surface area contributed by atoms with Gasteiger partial charge in [0.25, 0.3) is 0 Å². The molecule has 0 aliphatic carbocycles. The highest BCUT2D eigenvalue weighted by Gasteiger charge is 2.07. The summed E-state index contributed by atoms with van der Waals surface area (Å²) in [4.78, 5) is 0. The van der Waals surface area contributed by atoms with Gasteiger partial charge in [-0.05, 0) is 41.5 Å². The second kappa shape index (κ2) is 8.72. The maximum Gasteiger partial charge on any atom is 0.161 e. The Bertz CT molecular complexity index is 849. The highest BCUT2D eigenvalue weighted by molar-refractivity contribution is 5.81. The monoisotopic (exact) mass is 346 g/mol. The van der Waals surface area contributed by atoms with Gasteiger partial charge in [-0.3, -0.25) is 5.01 Å². The van der Waals surface area contributed by atoms with E-state index in [1.807, 2.05) is 65.8 Å². The Morgan fingerprint density at radius 3 is 2.12 bits per heavy atom. The van der Waals surface area contributed by atoms with Gasteiger partial charge in [-0.25, -0.2) is 0 Å². The highest BCUT2D eigenvalue weighted by Crippen LogP contribution is 2.27. The summed E-state index contributed by atoms with van der Waals surface area (Å²) in [5.41, 5.74) is 3.17. The minimum Gasteiger partial charge on any atom is -0.493 e. The van der Waals surface area contributed by atoms with Crippen LogP contribution >= 0.6 is 0 Å². The minimum absolute atomic E-state index is 0.686. The van der Waals surface area contributed by atoms with Crippen LogP contribution in [0.5, 0.6) is 11.5 Å². The van der Waals surface area contributed by atoms with Crippen LogP contribution in [0.4, 0.5) is 5.69 Å². The van der Waals surface area contributed by atoms with Crippen LogP contribution in [0.3, 0.4) is 0 Å². The van der Waals surface area contributed by atoms with E-state index in [4.69, 9.17) is 14.6 Å². The van der Waals surface area contributed by atoms with Crippen LogP contribution in [0.15, 0.2) is 84.0 Å². The van der Waals surface area contributed by atoms with E-state index in [-0.39, 0.29) is 0 Å². The SMILES string of the molecule is COc1ccc(C=NN(Cc2ccccc2)c2ccccc2)cc1OC. The largest absolute Gasteiger partial charge is 0.493 e. The van der Waals surface area contributed by atoms with E-state index in [0.29, 0.717) is 18.0 Å². The maximum atomic E-state index is 5.36. The molecule has 0 spiro atoms. The number of para-hydroxylation sites is 1. The van der Waals surface area contributed by atoms with E-state index in [0.717, 1.165) is 11.3 Å². The van der Waals surface area contributed by atoms with Crippen molar-refractivity contribution in [2.45, 2.75) is 6.54 Å². The third kappa shape index (κ3) is 4.42. The fourth-order valence-electron chi connectivity index (χ4n) is 2.62. The summed E-state index contributed by atoms with van der Waals surface area (Å²) in [5, 5.41) is 6.68. The summed E-state index contributed by atoms with van der Waals surface area (Å²) in [6.45, 7) is 0.689. The number of methoxy groups -OCH3 is 2. The maximum absolute atomic E-state index is 5.36. The molecule has 0 saturated heterocycles. The van der Waals surface area contributed by atoms with E-state index >= 15 is 0 Å². The van der Waals surface area contributed by atoms with Crippen molar-refractivity contribution in [2.75, 3.05) is 19.2 Å². The number of hydrazone groups is 1. The van der Waals surface area contributed by atoms with Gasteiger partial charge in [0.1, 0.15) is 0 Å². The first-order valence-corrected chi connectivity index (χ1v) is 8.42. The zero-order valence-electron chi connectivity index (χ0n) is 15.0. The van der Waals surface area contributed by atoms with Crippen LogP contribution in [0.25, 0.3) is 0 Å². The van der Waals surface area contributed by atoms with Gasteiger partial charge in [0.15, 0.2) is 11.5 Å². The first-order chi connectivity index (χ1) is 12.8. The van der Waals surface area contributed by atoms with Crippen molar-refractivity contribution in [3.05, 3.63) is 90.0 Å². The molecule has 0 aromatic heterocycles. The van der Waals surface area contributed by atoms with Crippen LogP contribution in [0, 0.1) is 0 Å². The van der Waals surface area contributed by atoms with Gasteiger partial charge in [-0.1, -0.05) is 48.5 Å². The Morgan fingerprint density at radius 2 is 1.46 bits per heavy atom. The minimum atomic E-state index is 0.686. The molecule has 0 atom stereocenters. The van der Waals surface area contributed by atoms with E-state index in [1.54, 1.807) is 14.2 Å². The molecule has 0 N–H and O–H groups in total. The summed E-state index contributed by atoms with van der Waals surface area (Å²) < 4.78 is 10.6. The number of hydrogen-bond acceptors (Lipinski definition) is 4. The van der Waals surface area contributed by atoms with Crippen LogP contribution in [0.2, 0.25) is 0 Å². The Hall–Kier alpha value is -3.27. The second-order valence-corrected chi connectivity index (χ2v) is 5.74. The fourth-order valence-corrected chi connectivity index (χ4v) is 2.62. The number of hydrogen-bond donors (Lipinski definition) is 0. The summed E-state index contributed by atoms with van der Waals surface area (Å²) in [5.74, 6) is 1.39. The first kappa shape index (κ1) is 17.5. The lowest BCUT2D eigenvalue weighted by molar-refractivity contribution is 0.355. The van der Waals surface area contributed by atoms with Gasteiger partial charge in [0.2, 0.25) is 0 Å². The average molecular weight is 346 g/mol. The number of nitrogens with zero attached hydrogens (tertiary/aromatic N) is 2. The Kier molecular flexibility index (Phi) is 5.88. The molecule has 0 amide bonds. The van der Waals surface area contributed by atoms with E-state index in [1.165, 1.54) is 5.56 Å². The molecule has 0 unspecified atom stereocenters. The summed E-state index contributed by atoms with van der Waals surface area (Å²) >= 11 is 0. The van der Waals surface area contributed by atoms with Crippen molar-refractivity contribution in [3.63, 3.8) is 0 Å². The molecule has 3 rings (SSSR count). The molecule has 3 aromatic carbocycles. The Balaban J connectivity index is 1.86. The number of anilines is 1. The molecule has 0 aliphatic rings. The lowest BCUT2D eigenvalue weighted by Gasteiger charge is -2.19. The van der Waals surface area contributed by atoms with Gasteiger partial charge >= 0.3 is 0 Å². The second-order valence-electron chi connectivity index (χ2n) is 5.74. The average Bonchev–Trinajstić information content (AvgIpc) is 2.72. The van der Waals surface area contributed by atoms with Gasteiger partial charge < -0.3 is 9.47 Å². The van der Waals surface area contributed by atoms with Crippen LogP contribution < -0.4 is 14.5 Å². The predicted molar refractivity (Wildman–Crippen MR) is 106 cm³/mol. The third-order valence-corrected chi connectivity index (χ3v) is 3.98. The van der Waals surface area contributed by atoms with Gasteiger partial charge in [0, 0.05) is 0 Å². The van der Waals surface area contributed by atoms with Crippen LogP contribution in [-0.4, -0.2) is 20.4 Å². The molecule has 0 bridgehead atoms. The quantitative estimate of drug-likeness (QED) is 0.457. The molecule has 3 aromatic rings. The van der Waals surface area contributed by atoms with E-state index in [9.17, 15) is 0 Å². The van der Waals surface area contributed by atoms with Crippen molar-refractivity contribution in [1.82, 2.24) is 0 Å². The van der Waals surface area contributed by atoms with Gasteiger partial charge in [-0.15, -0.1) is 0 Å². The standard InChI is InChI=1S/C22H22N2O2/c1-25-21-14-13-19(15-22(21)26-2)16-23-24(20-11-7-4-8-12-20)17-18-9-5-3-6-10-18/h3-16H,17H2,1-2H3. The third-order valence-electron chi connectivity index (χ3n) is 3.98. The molecule has 0 aliphatic heterocycles. The molecule has 26 heavy (non-hydrogen) atoms. The van der Waals surface area contributed by atoms with Crippen molar-refractivity contribution in [3.8, 4) is 11.5 Å². The van der Waals surface area contributed by atoms with Gasteiger partial charge in [0.05, 0.1) is 32.7 Å². The van der Waals surface area contributed by atoms with Crippen LogP contribution in [-0.2, 0) is 6.54 Å². The van der Waals surface area contributed by atoms with Crippen molar-refractivity contribution < 1.29 is 9.47 Å². The Labute approximate surface area is 154 Å². The lowest BCUT2D eigenvalue weighted by Crippen LogP contribution is -2.16. The zero-order valence-corrected chi connectivity index (χ0v) is 15.0. The molecule has 132 valence electrons.